The van der Waals surface area contributed by atoms with E-state index in [-0.39, 0.29) is 35.6 Å². The number of halogens is 2. The van der Waals surface area contributed by atoms with E-state index in [1.807, 2.05) is 0 Å². The average molecular weight is 497 g/mol. The highest BCUT2D eigenvalue weighted by Crippen LogP contribution is 2.32. The van der Waals surface area contributed by atoms with Gasteiger partial charge in [0.15, 0.2) is 22.5 Å². The minimum atomic E-state index is -3.75. The quantitative estimate of drug-likeness (QED) is 0.572. The maximum atomic E-state index is 13.6. The number of amides is 1. The van der Waals surface area contributed by atoms with Gasteiger partial charge in [0.1, 0.15) is 10.6 Å². The van der Waals surface area contributed by atoms with Gasteiger partial charge in [0, 0.05) is 29.4 Å². The Balaban J connectivity index is 1.41. The van der Waals surface area contributed by atoms with Gasteiger partial charge in [0.25, 0.3) is 0 Å². The van der Waals surface area contributed by atoms with Crippen LogP contribution in [0.3, 0.4) is 0 Å². The number of nitrogens with zero attached hydrogens (tertiary/aromatic N) is 3. The molecule has 0 spiro atoms. The summed E-state index contributed by atoms with van der Waals surface area (Å²) < 4.78 is 59.0. The van der Waals surface area contributed by atoms with Gasteiger partial charge in [-0.25, -0.2) is 22.2 Å². The van der Waals surface area contributed by atoms with Crippen LogP contribution >= 0.6 is 11.3 Å². The van der Waals surface area contributed by atoms with E-state index in [4.69, 9.17) is 4.52 Å². The number of carbonyl (C=O) groups excluding carboxylic acids is 1. The van der Waals surface area contributed by atoms with Crippen molar-refractivity contribution in [2.45, 2.75) is 38.5 Å². The van der Waals surface area contributed by atoms with E-state index in [2.05, 4.69) is 15.5 Å². The second-order valence-electron chi connectivity index (χ2n) is 7.87. The molecule has 0 atom stereocenters. The molecule has 4 rings (SSSR count). The van der Waals surface area contributed by atoms with Crippen molar-refractivity contribution in [3.63, 3.8) is 0 Å². The molecular weight excluding hydrogens is 474 g/mol. The van der Waals surface area contributed by atoms with E-state index in [1.165, 1.54) is 21.7 Å². The molecule has 0 radical (unpaired) electrons. The van der Waals surface area contributed by atoms with E-state index < -0.39 is 21.7 Å². The molecule has 1 saturated heterocycles. The first-order valence-electron chi connectivity index (χ1n) is 10.2. The highest BCUT2D eigenvalue weighted by molar-refractivity contribution is 7.89. The molecule has 0 aliphatic carbocycles. The summed E-state index contributed by atoms with van der Waals surface area (Å²) in [7, 11) is -3.75. The number of hydrogen-bond donors (Lipinski definition) is 1. The number of anilines is 1. The molecule has 2 aromatic heterocycles. The van der Waals surface area contributed by atoms with Crippen LogP contribution in [-0.4, -0.2) is 41.9 Å². The predicted molar refractivity (Wildman–Crippen MR) is 118 cm³/mol. The third-order valence-corrected chi connectivity index (χ3v) is 8.64. The lowest BCUT2D eigenvalue weighted by atomic mass is 9.97. The molecule has 12 heteroatoms. The van der Waals surface area contributed by atoms with Crippen molar-refractivity contribution in [2.75, 3.05) is 18.4 Å². The Kier molecular flexibility index (Phi) is 6.34. The molecule has 1 aromatic carbocycles. The van der Waals surface area contributed by atoms with Crippen LogP contribution in [0, 0.1) is 38.3 Å². The number of hydrogen-bond acceptors (Lipinski definition) is 7. The Hall–Kier alpha value is -2.70. The van der Waals surface area contributed by atoms with Crippen LogP contribution in [0.1, 0.15) is 29.2 Å². The Morgan fingerprint density at radius 3 is 2.48 bits per heavy atom. The first-order chi connectivity index (χ1) is 15.6. The molecule has 3 aromatic rings. The molecule has 1 aliphatic heterocycles. The number of aryl methyl sites for hydroxylation is 3. The standard InChI is InChI=1S/C21H22F2N4O4S2/c1-11-19(12(2)31-26-11)33(29,30)27-8-6-14(7-9-27)20(28)25-21-24-18(13(3)32-21)15-4-5-16(22)17(23)10-15/h4-5,10,14H,6-9H2,1-3H3,(H,24,25,28). The van der Waals surface area contributed by atoms with Gasteiger partial charge in [-0.1, -0.05) is 5.16 Å². The lowest BCUT2D eigenvalue weighted by molar-refractivity contribution is -0.120. The van der Waals surface area contributed by atoms with Crippen molar-refractivity contribution in [1.82, 2.24) is 14.4 Å². The van der Waals surface area contributed by atoms with E-state index in [9.17, 15) is 22.0 Å². The minimum Gasteiger partial charge on any atom is -0.360 e. The number of thiazole rings is 1. The van der Waals surface area contributed by atoms with Crippen molar-refractivity contribution in [3.05, 3.63) is 46.2 Å². The Labute approximate surface area is 193 Å². The van der Waals surface area contributed by atoms with Crippen molar-refractivity contribution in [3.8, 4) is 11.3 Å². The number of sulfonamides is 1. The first-order valence-corrected chi connectivity index (χ1v) is 12.5. The molecule has 1 amide bonds. The summed E-state index contributed by atoms with van der Waals surface area (Å²) in [6.07, 6.45) is 0.712. The normalized spacial score (nSPS) is 15.7. The fourth-order valence-corrected chi connectivity index (χ4v) is 6.50. The van der Waals surface area contributed by atoms with E-state index >= 15 is 0 Å². The largest absolute Gasteiger partial charge is 0.360 e. The third-order valence-electron chi connectivity index (χ3n) is 5.61. The highest BCUT2D eigenvalue weighted by Gasteiger charge is 2.35. The average Bonchev–Trinajstić information content (AvgIpc) is 3.31. The fraction of sp³-hybridized carbons (Fsp3) is 0.381. The van der Waals surface area contributed by atoms with Gasteiger partial charge in [0.2, 0.25) is 15.9 Å². The first kappa shape index (κ1) is 23.5. The zero-order valence-corrected chi connectivity index (χ0v) is 19.8. The van der Waals surface area contributed by atoms with Crippen molar-refractivity contribution >= 4 is 32.4 Å². The summed E-state index contributed by atoms with van der Waals surface area (Å²) in [5.74, 6) is -2.30. The molecular formula is C21H22F2N4O4S2. The Morgan fingerprint density at radius 1 is 1.18 bits per heavy atom. The molecule has 3 heterocycles. The monoisotopic (exact) mass is 496 g/mol. The Bertz CT molecular complexity index is 1290. The zero-order valence-electron chi connectivity index (χ0n) is 18.2. The molecule has 0 unspecified atom stereocenters. The molecule has 0 bridgehead atoms. The van der Waals surface area contributed by atoms with Crippen LogP contribution in [0.4, 0.5) is 13.9 Å². The summed E-state index contributed by atoms with van der Waals surface area (Å²) in [6, 6.07) is 3.53. The van der Waals surface area contributed by atoms with Crippen LogP contribution in [-0.2, 0) is 14.8 Å². The van der Waals surface area contributed by atoms with Gasteiger partial charge in [0.05, 0.1) is 5.69 Å². The lowest BCUT2D eigenvalue weighted by Crippen LogP contribution is -2.41. The number of nitrogens with one attached hydrogen (secondary N) is 1. The van der Waals surface area contributed by atoms with Crippen molar-refractivity contribution < 1.29 is 26.5 Å². The smallest absolute Gasteiger partial charge is 0.248 e. The molecule has 1 fully saturated rings. The summed E-state index contributed by atoms with van der Waals surface area (Å²) in [4.78, 5) is 18.0. The van der Waals surface area contributed by atoms with Gasteiger partial charge in [-0.05, 0) is 51.8 Å². The summed E-state index contributed by atoms with van der Waals surface area (Å²) >= 11 is 1.23. The minimum absolute atomic E-state index is 0.0772. The number of rotatable bonds is 5. The van der Waals surface area contributed by atoms with E-state index in [0.29, 0.717) is 34.9 Å². The summed E-state index contributed by atoms with van der Waals surface area (Å²) in [5, 5.41) is 6.84. The maximum Gasteiger partial charge on any atom is 0.248 e. The number of piperidine rings is 1. The SMILES string of the molecule is Cc1noc(C)c1S(=O)(=O)N1CCC(C(=O)Nc2nc(-c3ccc(F)c(F)c3)c(C)s2)CC1. The van der Waals surface area contributed by atoms with E-state index in [0.717, 1.165) is 17.0 Å². The molecule has 176 valence electrons. The summed E-state index contributed by atoms with van der Waals surface area (Å²) in [6.45, 7) is 5.30. The second kappa shape index (κ2) is 8.92. The van der Waals surface area contributed by atoms with Crippen molar-refractivity contribution in [2.24, 2.45) is 5.92 Å². The van der Waals surface area contributed by atoms with Gasteiger partial charge < -0.3 is 9.84 Å². The summed E-state index contributed by atoms with van der Waals surface area (Å²) in [5.41, 5.74) is 1.19. The molecule has 0 saturated carbocycles. The highest BCUT2D eigenvalue weighted by atomic mass is 32.2. The van der Waals surface area contributed by atoms with Crippen LogP contribution < -0.4 is 5.32 Å². The van der Waals surface area contributed by atoms with Crippen LogP contribution in [0.2, 0.25) is 0 Å². The lowest BCUT2D eigenvalue weighted by Gasteiger charge is -2.30. The molecule has 1 N–H and O–H groups in total. The number of carbonyl (C=O) groups is 1. The van der Waals surface area contributed by atoms with Crippen LogP contribution in [0.25, 0.3) is 11.3 Å². The Morgan fingerprint density at radius 2 is 1.88 bits per heavy atom. The maximum absolute atomic E-state index is 13.6. The van der Waals surface area contributed by atoms with Crippen LogP contribution in [0.15, 0.2) is 27.6 Å². The number of aromatic nitrogens is 2. The third kappa shape index (κ3) is 4.55. The molecule has 33 heavy (non-hydrogen) atoms. The van der Waals surface area contributed by atoms with Gasteiger partial charge >= 0.3 is 0 Å². The fourth-order valence-electron chi connectivity index (χ4n) is 3.90. The van der Waals surface area contributed by atoms with Gasteiger partial charge in [-0.2, -0.15) is 4.31 Å². The second-order valence-corrected chi connectivity index (χ2v) is 11.0. The molecule has 1 aliphatic rings. The zero-order chi connectivity index (χ0) is 23.9. The van der Waals surface area contributed by atoms with Gasteiger partial charge in [-0.3, -0.25) is 4.79 Å². The van der Waals surface area contributed by atoms with Crippen LogP contribution in [0.5, 0.6) is 0 Å². The van der Waals surface area contributed by atoms with Gasteiger partial charge in [-0.15, -0.1) is 11.3 Å². The van der Waals surface area contributed by atoms with Crippen molar-refractivity contribution in [1.29, 1.82) is 0 Å². The topological polar surface area (TPSA) is 105 Å². The molecule has 8 nitrogen and oxygen atoms in total. The number of benzene rings is 1. The predicted octanol–water partition coefficient (Wildman–Crippen LogP) is 4.04. The van der Waals surface area contributed by atoms with E-state index in [1.54, 1.807) is 20.8 Å².